The third-order valence-corrected chi connectivity index (χ3v) is 5.57. The van der Waals surface area contributed by atoms with Crippen molar-refractivity contribution in [2.45, 2.75) is 24.3 Å². The fourth-order valence-electron chi connectivity index (χ4n) is 2.52. The molecule has 7 nitrogen and oxygen atoms in total. The average Bonchev–Trinajstić information content (AvgIpc) is 3.52. The van der Waals surface area contributed by atoms with Crippen LogP contribution in [-0.4, -0.2) is 27.4 Å². The van der Waals surface area contributed by atoms with Crippen LogP contribution in [0.15, 0.2) is 53.4 Å². The zero-order chi connectivity index (χ0) is 19.4. The molecule has 2 N–H and O–H groups in total. The van der Waals surface area contributed by atoms with E-state index in [-0.39, 0.29) is 28.8 Å². The number of esters is 1. The van der Waals surface area contributed by atoms with Gasteiger partial charge in [-0.05, 0) is 48.7 Å². The van der Waals surface area contributed by atoms with Gasteiger partial charge < -0.3 is 10.1 Å². The summed E-state index contributed by atoms with van der Waals surface area (Å²) in [4.78, 5) is 23.4. The molecule has 27 heavy (non-hydrogen) atoms. The van der Waals surface area contributed by atoms with E-state index in [1.54, 1.807) is 24.3 Å². The molecule has 1 aliphatic rings. The third-order valence-electron chi connectivity index (χ3n) is 4.17. The summed E-state index contributed by atoms with van der Waals surface area (Å²) in [6, 6.07) is 12.6. The Labute approximate surface area is 157 Å². The standard InChI is InChI=1S/C19H20N2O5S/c1-26-19(23)15-5-3-7-17(11-15)27(24,25)20-12-13-4-2-6-16(10-13)21-18(22)14-8-9-14/h2-7,10-11,14,20H,8-9,12H2,1H3,(H,21,22). The van der Waals surface area contributed by atoms with Crippen LogP contribution >= 0.6 is 0 Å². The van der Waals surface area contributed by atoms with Crippen LogP contribution < -0.4 is 10.0 Å². The first kappa shape index (κ1) is 19.1. The van der Waals surface area contributed by atoms with Crippen molar-refractivity contribution in [3.63, 3.8) is 0 Å². The number of carbonyl (C=O) groups excluding carboxylic acids is 2. The van der Waals surface area contributed by atoms with Gasteiger partial charge in [0.15, 0.2) is 0 Å². The molecule has 2 aromatic carbocycles. The van der Waals surface area contributed by atoms with Crippen molar-refractivity contribution in [1.82, 2.24) is 4.72 Å². The van der Waals surface area contributed by atoms with Crippen LogP contribution in [0.3, 0.4) is 0 Å². The number of anilines is 1. The molecule has 0 atom stereocenters. The summed E-state index contributed by atoms with van der Waals surface area (Å²) in [6.07, 6.45) is 1.83. The number of methoxy groups -OCH3 is 1. The lowest BCUT2D eigenvalue weighted by atomic mass is 10.2. The monoisotopic (exact) mass is 388 g/mol. The summed E-state index contributed by atoms with van der Waals surface area (Å²) in [5, 5.41) is 2.83. The fraction of sp³-hybridized carbons (Fsp3) is 0.263. The first-order chi connectivity index (χ1) is 12.9. The van der Waals surface area contributed by atoms with E-state index >= 15 is 0 Å². The number of nitrogens with one attached hydrogen (secondary N) is 2. The number of sulfonamides is 1. The van der Waals surface area contributed by atoms with Gasteiger partial charge in [0.2, 0.25) is 15.9 Å². The molecular weight excluding hydrogens is 368 g/mol. The Balaban J connectivity index is 1.68. The maximum absolute atomic E-state index is 12.5. The Hall–Kier alpha value is -2.71. The van der Waals surface area contributed by atoms with Crippen LogP contribution in [0.25, 0.3) is 0 Å². The molecule has 8 heteroatoms. The van der Waals surface area contributed by atoms with Gasteiger partial charge in [0, 0.05) is 18.2 Å². The van der Waals surface area contributed by atoms with Crippen LogP contribution in [0.2, 0.25) is 0 Å². The van der Waals surface area contributed by atoms with Crippen molar-refractivity contribution in [2.24, 2.45) is 5.92 Å². The Bertz CT molecular complexity index is 968. The zero-order valence-electron chi connectivity index (χ0n) is 14.8. The van der Waals surface area contributed by atoms with E-state index < -0.39 is 16.0 Å². The first-order valence-corrected chi connectivity index (χ1v) is 9.95. The van der Waals surface area contributed by atoms with Gasteiger partial charge in [0.25, 0.3) is 0 Å². The number of ether oxygens (including phenoxy) is 1. The van der Waals surface area contributed by atoms with E-state index in [1.165, 1.54) is 31.4 Å². The van der Waals surface area contributed by atoms with E-state index in [1.807, 2.05) is 0 Å². The minimum atomic E-state index is -3.81. The van der Waals surface area contributed by atoms with Crippen LogP contribution in [-0.2, 0) is 26.1 Å². The molecule has 3 rings (SSSR count). The highest BCUT2D eigenvalue weighted by Gasteiger charge is 2.29. The Morgan fingerprint density at radius 1 is 1.11 bits per heavy atom. The van der Waals surface area contributed by atoms with Gasteiger partial charge in [-0.25, -0.2) is 17.9 Å². The molecule has 2 aromatic rings. The lowest BCUT2D eigenvalue weighted by Gasteiger charge is -2.10. The number of carbonyl (C=O) groups is 2. The summed E-state index contributed by atoms with van der Waals surface area (Å²) in [5.74, 6) is -0.521. The maximum Gasteiger partial charge on any atom is 0.337 e. The van der Waals surface area contributed by atoms with Crippen LogP contribution in [0.4, 0.5) is 5.69 Å². The highest BCUT2D eigenvalue weighted by Crippen LogP contribution is 2.30. The molecule has 0 saturated heterocycles. The van der Waals surface area contributed by atoms with Crippen LogP contribution in [0.1, 0.15) is 28.8 Å². The number of benzene rings is 2. The first-order valence-electron chi connectivity index (χ1n) is 8.47. The van der Waals surface area contributed by atoms with Gasteiger partial charge in [-0.2, -0.15) is 0 Å². The van der Waals surface area contributed by atoms with Gasteiger partial charge >= 0.3 is 5.97 Å². The normalized spacial score (nSPS) is 13.8. The SMILES string of the molecule is COC(=O)c1cccc(S(=O)(=O)NCc2cccc(NC(=O)C3CC3)c2)c1. The molecule has 0 radical (unpaired) electrons. The summed E-state index contributed by atoms with van der Waals surface area (Å²) >= 11 is 0. The second-order valence-corrected chi connectivity index (χ2v) is 8.07. The predicted molar refractivity (Wildman–Crippen MR) is 99.6 cm³/mol. The largest absolute Gasteiger partial charge is 0.465 e. The second kappa shape index (κ2) is 7.89. The fourth-order valence-corrected chi connectivity index (χ4v) is 3.58. The zero-order valence-corrected chi connectivity index (χ0v) is 15.6. The second-order valence-electron chi connectivity index (χ2n) is 6.31. The Morgan fingerprint density at radius 3 is 2.56 bits per heavy atom. The molecular formula is C19H20N2O5S. The van der Waals surface area contributed by atoms with E-state index in [0.29, 0.717) is 11.3 Å². The average molecular weight is 388 g/mol. The van der Waals surface area contributed by atoms with Crippen molar-refractivity contribution >= 4 is 27.6 Å². The molecule has 0 aliphatic heterocycles. The summed E-state index contributed by atoms with van der Waals surface area (Å²) in [6.45, 7) is 0.0535. The van der Waals surface area contributed by atoms with Gasteiger partial charge in [-0.3, -0.25) is 4.79 Å². The van der Waals surface area contributed by atoms with E-state index in [4.69, 9.17) is 0 Å². The summed E-state index contributed by atoms with van der Waals surface area (Å²) in [5.41, 5.74) is 1.50. The molecule has 0 bridgehead atoms. The smallest absolute Gasteiger partial charge is 0.337 e. The summed E-state index contributed by atoms with van der Waals surface area (Å²) < 4.78 is 32.1. The minimum absolute atomic E-state index is 0.00708. The molecule has 1 aliphatic carbocycles. The number of hydrogen-bond acceptors (Lipinski definition) is 5. The van der Waals surface area contributed by atoms with Crippen molar-refractivity contribution in [2.75, 3.05) is 12.4 Å². The Kier molecular flexibility index (Phi) is 5.57. The molecule has 0 aromatic heterocycles. The van der Waals surface area contributed by atoms with Gasteiger partial charge in [0.1, 0.15) is 0 Å². The molecule has 0 heterocycles. The number of amides is 1. The van der Waals surface area contributed by atoms with E-state index in [2.05, 4.69) is 14.8 Å². The lowest BCUT2D eigenvalue weighted by Crippen LogP contribution is -2.23. The molecule has 1 fully saturated rings. The number of hydrogen-bond donors (Lipinski definition) is 2. The number of rotatable bonds is 7. The van der Waals surface area contributed by atoms with Crippen molar-refractivity contribution < 1.29 is 22.7 Å². The Morgan fingerprint density at radius 2 is 1.85 bits per heavy atom. The summed E-state index contributed by atoms with van der Waals surface area (Å²) in [7, 11) is -2.57. The minimum Gasteiger partial charge on any atom is -0.465 e. The topological polar surface area (TPSA) is 102 Å². The highest BCUT2D eigenvalue weighted by atomic mass is 32.2. The van der Waals surface area contributed by atoms with Crippen molar-refractivity contribution in [1.29, 1.82) is 0 Å². The quantitative estimate of drug-likeness (QED) is 0.709. The van der Waals surface area contributed by atoms with Crippen LogP contribution in [0, 0.1) is 5.92 Å². The highest BCUT2D eigenvalue weighted by molar-refractivity contribution is 7.89. The van der Waals surface area contributed by atoms with E-state index in [0.717, 1.165) is 12.8 Å². The van der Waals surface area contributed by atoms with Crippen LogP contribution in [0.5, 0.6) is 0 Å². The molecule has 0 spiro atoms. The van der Waals surface area contributed by atoms with Gasteiger partial charge in [0.05, 0.1) is 17.6 Å². The lowest BCUT2D eigenvalue weighted by molar-refractivity contribution is -0.117. The predicted octanol–water partition coefficient (Wildman–Crippen LogP) is 2.30. The molecule has 1 amide bonds. The van der Waals surface area contributed by atoms with Crippen molar-refractivity contribution in [3.05, 3.63) is 59.7 Å². The van der Waals surface area contributed by atoms with Gasteiger partial charge in [-0.15, -0.1) is 0 Å². The van der Waals surface area contributed by atoms with E-state index in [9.17, 15) is 18.0 Å². The van der Waals surface area contributed by atoms with Crippen molar-refractivity contribution in [3.8, 4) is 0 Å². The molecule has 142 valence electrons. The molecule has 1 saturated carbocycles. The molecule has 0 unspecified atom stereocenters. The third kappa shape index (κ3) is 4.93. The van der Waals surface area contributed by atoms with Gasteiger partial charge in [-0.1, -0.05) is 18.2 Å². The maximum atomic E-state index is 12.5.